The van der Waals surface area contributed by atoms with E-state index < -0.39 is 11.6 Å². The van der Waals surface area contributed by atoms with Crippen LogP contribution in [0.15, 0.2) is 6.07 Å². The van der Waals surface area contributed by atoms with Gasteiger partial charge in [0.15, 0.2) is 23.3 Å². The van der Waals surface area contributed by atoms with Crippen LogP contribution in [0, 0.1) is 11.6 Å². The van der Waals surface area contributed by atoms with Crippen molar-refractivity contribution in [3.63, 3.8) is 0 Å². The van der Waals surface area contributed by atoms with Crippen molar-refractivity contribution in [1.82, 2.24) is 9.88 Å². The van der Waals surface area contributed by atoms with Crippen LogP contribution < -0.4 is 16.6 Å². The maximum absolute atomic E-state index is 13.5. The average molecular weight is 289 g/mol. The molecule has 8 heteroatoms. The van der Waals surface area contributed by atoms with E-state index >= 15 is 0 Å². The fourth-order valence-corrected chi connectivity index (χ4v) is 2.83. The molecule has 0 unspecified atom stereocenters. The van der Waals surface area contributed by atoms with E-state index in [0.29, 0.717) is 6.54 Å². The molecule has 0 amide bonds. The summed E-state index contributed by atoms with van der Waals surface area (Å²) < 4.78 is 26.6. The molecule has 1 aliphatic rings. The van der Waals surface area contributed by atoms with Crippen LogP contribution >= 0.6 is 11.8 Å². The van der Waals surface area contributed by atoms with E-state index in [-0.39, 0.29) is 11.6 Å². The summed E-state index contributed by atoms with van der Waals surface area (Å²) in [6, 6.07) is 0.766. The normalized spacial score (nSPS) is 16.4. The number of nitrogen functional groups attached to an aromatic ring is 1. The van der Waals surface area contributed by atoms with Gasteiger partial charge < -0.3 is 10.7 Å². The lowest BCUT2D eigenvalue weighted by Gasteiger charge is -2.26. The van der Waals surface area contributed by atoms with Crippen LogP contribution in [0.3, 0.4) is 0 Å². The van der Waals surface area contributed by atoms with E-state index in [4.69, 9.17) is 5.84 Å². The van der Waals surface area contributed by atoms with Gasteiger partial charge in [0.1, 0.15) is 0 Å². The molecule has 0 atom stereocenters. The average Bonchev–Trinajstić information content (AvgIpc) is 2.42. The van der Waals surface area contributed by atoms with Gasteiger partial charge in [-0.25, -0.2) is 19.6 Å². The first kappa shape index (κ1) is 14.3. The molecule has 1 fully saturated rings. The fourth-order valence-electron chi connectivity index (χ4n) is 1.85. The number of hydrogen-bond acceptors (Lipinski definition) is 6. The molecular formula is C11H17F2N5S. The fraction of sp³-hybridized carbons (Fsp3) is 0.545. The van der Waals surface area contributed by atoms with Gasteiger partial charge in [-0.1, -0.05) is 0 Å². The monoisotopic (exact) mass is 289 g/mol. The Kier molecular flexibility index (Phi) is 5.17. The van der Waals surface area contributed by atoms with Crippen LogP contribution in [0.2, 0.25) is 0 Å². The number of aromatic nitrogens is 1. The number of nitrogens with two attached hydrogens (primary N) is 1. The molecule has 1 aromatic rings. The Morgan fingerprint density at radius 2 is 1.95 bits per heavy atom. The lowest BCUT2D eigenvalue weighted by atomic mass is 10.4. The summed E-state index contributed by atoms with van der Waals surface area (Å²) in [5.74, 6) is 5.68. The first-order chi connectivity index (χ1) is 9.20. The Morgan fingerprint density at radius 3 is 2.63 bits per heavy atom. The highest BCUT2D eigenvalue weighted by Crippen LogP contribution is 2.18. The minimum absolute atomic E-state index is 0.0146. The van der Waals surface area contributed by atoms with Crippen LogP contribution in [-0.2, 0) is 0 Å². The first-order valence-corrected chi connectivity index (χ1v) is 7.23. The molecule has 19 heavy (non-hydrogen) atoms. The SMILES string of the molecule is NNc1nc(NCCN2CCSCC2)c(F)cc1F. The number of rotatable bonds is 5. The summed E-state index contributed by atoms with van der Waals surface area (Å²) in [5, 5.41) is 2.87. The number of nitrogens with zero attached hydrogens (tertiary/aromatic N) is 2. The van der Waals surface area contributed by atoms with E-state index in [0.717, 1.165) is 37.2 Å². The molecule has 1 aromatic heterocycles. The van der Waals surface area contributed by atoms with Gasteiger partial charge in [0, 0.05) is 43.8 Å². The lowest BCUT2D eigenvalue weighted by Crippen LogP contribution is -2.36. The van der Waals surface area contributed by atoms with Gasteiger partial charge in [-0.2, -0.15) is 11.8 Å². The molecule has 0 saturated carbocycles. The van der Waals surface area contributed by atoms with Crippen LogP contribution in [-0.4, -0.2) is 47.6 Å². The molecule has 0 bridgehead atoms. The van der Waals surface area contributed by atoms with Gasteiger partial charge in [-0.3, -0.25) is 4.90 Å². The van der Waals surface area contributed by atoms with Crippen molar-refractivity contribution < 1.29 is 8.78 Å². The van der Waals surface area contributed by atoms with E-state index in [1.165, 1.54) is 0 Å². The van der Waals surface area contributed by atoms with Gasteiger partial charge in [-0.15, -0.1) is 0 Å². The van der Waals surface area contributed by atoms with E-state index in [1.807, 2.05) is 11.8 Å². The molecule has 0 aromatic carbocycles. The molecule has 2 heterocycles. The molecule has 106 valence electrons. The third kappa shape index (κ3) is 3.92. The highest BCUT2D eigenvalue weighted by atomic mass is 32.2. The quantitative estimate of drug-likeness (QED) is 0.557. The van der Waals surface area contributed by atoms with Crippen molar-refractivity contribution >= 4 is 23.4 Å². The number of thioether (sulfide) groups is 1. The number of halogens is 2. The highest BCUT2D eigenvalue weighted by Gasteiger charge is 2.12. The predicted molar refractivity (Wildman–Crippen MR) is 74.2 cm³/mol. The van der Waals surface area contributed by atoms with E-state index in [9.17, 15) is 8.78 Å². The van der Waals surface area contributed by atoms with Crippen molar-refractivity contribution in [1.29, 1.82) is 0 Å². The molecule has 0 spiro atoms. The Bertz CT molecular complexity index is 426. The van der Waals surface area contributed by atoms with Crippen molar-refractivity contribution in [3.05, 3.63) is 17.7 Å². The van der Waals surface area contributed by atoms with Crippen LogP contribution in [0.1, 0.15) is 0 Å². The summed E-state index contributed by atoms with van der Waals surface area (Å²) >= 11 is 1.94. The first-order valence-electron chi connectivity index (χ1n) is 6.07. The third-order valence-corrected chi connectivity index (χ3v) is 3.83. The standard InChI is InChI=1S/C11H17F2N5S/c12-8-7-9(13)11(17-14)16-10(8)15-1-2-18-3-5-19-6-4-18/h7H,1-6,14H2,(H2,15,16,17). The maximum atomic E-state index is 13.5. The molecule has 2 rings (SSSR count). The molecule has 1 aliphatic heterocycles. The zero-order valence-electron chi connectivity index (χ0n) is 10.5. The predicted octanol–water partition coefficient (Wildman–Crippen LogP) is 1.11. The number of hydrogen-bond donors (Lipinski definition) is 3. The molecule has 0 aliphatic carbocycles. The van der Waals surface area contributed by atoms with E-state index in [1.54, 1.807) is 0 Å². The van der Waals surface area contributed by atoms with Crippen LogP contribution in [0.5, 0.6) is 0 Å². The minimum atomic E-state index is -0.807. The summed E-state index contributed by atoms with van der Waals surface area (Å²) in [6.45, 7) is 3.46. The van der Waals surface area contributed by atoms with Gasteiger partial charge in [-0.05, 0) is 0 Å². The topological polar surface area (TPSA) is 66.2 Å². The minimum Gasteiger partial charge on any atom is -0.366 e. The van der Waals surface area contributed by atoms with Crippen molar-refractivity contribution in [2.75, 3.05) is 48.4 Å². The number of pyridine rings is 1. The molecule has 4 N–H and O–H groups in total. The largest absolute Gasteiger partial charge is 0.366 e. The summed E-state index contributed by atoms with van der Waals surface area (Å²) in [7, 11) is 0. The smallest absolute Gasteiger partial charge is 0.178 e. The highest BCUT2D eigenvalue weighted by molar-refractivity contribution is 7.99. The second-order valence-electron chi connectivity index (χ2n) is 4.17. The van der Waals surface area contributed by atoms with Gasteiger partial charge in [0.25, 0.3) is 0 Å². The van der Waals surface area contributed by atoms with Gasteiger partial charge in [0.2, 0.25) is 0 Å². The lowest BCUT2D eigenvalue weighted by molar-refractivity contribution is 0.314. The number of nitrogens with one attached hydrogen (secondary N) is 2. The third-order valence-electron chi connectivity index (χ3n) is 2.89. The van der Waals surface area contributed by atoms with Crippen molar-refractivity contribution in [2.24, 2.45) is 5.84 Å². The molecule has 5 nitrogen and oxygen atoms in total. The Morgan fingerprint density at radius 1 is 1.26 bits per heavy atom. The Balaban J connectivity index is 1.88. The summed E-state index contributed by atoms with van der Waals surface area (Å²) in [5.41, 5.74) is 2.10. The number of anilines is 2. The molecule has 1 saturated heterocycles. The van der Waals surface area contributed by atoms with Crippen molar-refractivity contribution in [3.8, 4) is 0 Å². The van der Waals surface area contributed by atoms with Gasteiger partial charge in [0.05, 0.1) is 0 Å². The summed E-state index contributed by atoms with van der Waals surface area (Å²) in [6.07, 6.45) is 0. The zero-order valence-corrected chi connectivity index (χ0v) is 11.3. The van der Waals surface area contributed by atoms with Crippen LogP contribution in [0.4, 0.5) is 20.4 Å². The second-order valence-corrected chi connectivity index (χ2v) is 5.40. The summed E-state index contributed by atoms with van der Waals surface area (Å²) in [4.78, 5) is 6.05. The Hall–Kier alpha value is -1.12. The molecule has 0 radical (unpaired) electrons. The molecular weight excluding hydrogens is 272 g/mol. The Labute approximate surface area is 114 Å². The van der Waals surface area contributed by atoms with Gasteiger partial charge >= 0.3 is 0 Å². The second kappa shape index (κ2) is 6.88. The van der Waals surface area contributed by atoms with E-state index in [2.05, 4.69) is 20.6 Å². The number of hydrazine groups is 1. The zero-order chi connectivity index (χ0) is 13.7. The maximum Gasteiger partial charge on any atom is 0.178 e. The van der Waals surface area contributed by atoms with Crippen molar-refractivity contribution in [2.45, 2.75) is 0 Å². The van der Waals surface area contributed by atoms with Crippen LogP contribution in [0.25, 0.3) is 0 Å².